The van der Waals surface area contributed by atoms with Crippen LogP contribution >= 0.6 is 23.4 Å². The molecule has 0 radical (unpaired) electrons. The average molecular weight is 430 g/mol. The molecule has 0 saturated carbocycles. The molecule has 1 saturated heterocycles. The molecule has 1 aliphatic heterocycles. The highest BCUT2D eigenvalue weighted by Gasteiger charge is 2.38. The Morgan fingerprint density at radius 3 is 2.59 bits per heavy atom. The van der Waals surface area contributed by atoms with E-state index in [2.05, 4.69) is 17.2 Å². The van der Waals surface area contributed by atoms with Gasteiger partial charge in [0.25, 0.3) is 0 Å². The quantitative estimate of drug-likeness (QED) is 0.687. The Morgan fingerprint density at radius 1 is 1.21 bits per heavy atom. The van der Waals surface area contributed by atoms with Crippen LogP contribution in [0.1, 0.15) is 31.4 Å². The van der Waals surface area contributed by atoms with E-state index >= 15 is 0 Å². The summed E-state index contributed by atoms with van der Waals surface area (Å²) in [6.45, 7) is 6.38. The highest BCUT2D eigenvalue weighted by molar-refractivity contribution is 8.15. The van der Waals surface area contributed by atoms with E-state index in [9.17, 15) is 9.59 Å². The standard InChI is InChI=1S/C22H24ClN3O2S/c1-4-15-9-11-16(12-10-15)24-22-26(5-2)21(28)19(29-22)13-20(27)25-18-8-6-7-17(23)14(18)3/h6-12,19H,4-5,13H2,1-3H3,(H,25,27)/t19-/m1/s1. The average Bonchev–Trinajstić information content (AvgIpc) is 3.00. The Balaban J connectivity index is 1.71. The normalized spacial score (nSPS) is 17.8. The number of nitrogens with one attached hydrogen (secondary N) is 1. The van der Waals surface area contributed by atoms with Gasteiger partial charge in [0.15, 0.2) is 5.17 Å². The van der Waals surface area contributed by atoms with E-state index in [1.165, 1.54) is 17.3 Å². The first-order valence-corrected chi connectivity index (χ1v) is 10.9. The molecule has 0 aliphatic carbocycles. The van der Waals surface area contributed by atoms with Crippen LogP contribution in [-0.4, -0.2) is 33.7 Å². The fourth-order valence-corrected chi connectivity index (χ4v) is 4.44. The summed E-state index contributed by atoms with van der Waals surface area (Å²) in [6.07, 6.45) is 1.05. The molecule has 152 valence electrons. The van der Waals surface area contributed by atoms with Crippen molar-refractivity contribution in [2.75, 3.05) is 11.9 Å². The SMILES string of the molecule is CCc1ccc(N=C2S[C@H](CC(=O)Nc3cccc(Cl)c3C)C(=O)N2CC)cc1. The number of benzene rings is 2. The van der Waals surface area contributed by atoms with Crippen LogP contribution in [0.4, 0.5) is 11.4 Å². The predicted molar refractivity (Wildman–Crippen MR) is 121 cm³/mol. The van der Waals surface area contributed by atoms with E-state index in [1.54, 1.807) is 23.1 Å². The largest absolute Gasteiger partial charge is 0.326 e. The lowest BCUT2D eigenvalue weighted by atomic mass is 10.2. The summed E-state index contributed by atoms with van der Waals surface area (Å²) in [6, 6.07) is 13.3. The van der Waals surface area contributed by atoms with Gasteiger partial charge in [-0.3, -0.25) is 14.5 Å². The van der Waals surface area contributed by atoms with Crippen LogP contribution in [-0.2, 0) is 16.0 Å². The van der Waals surface area contributed by atoms with Gasteiger partial charge in [-0.2, -0.15) is 0 Å². The van der Waals surface area contributed by atoms with Crippen LogP contribution in [0.5, 0.6) is 0 Å². The lowest BCUT2D eigenvalue weighted by Crippen LogP contribution is -2.33. The monoisotopic (exact) mass is 429 g/mol. The molecule has 0 unspecified atom stereocenters. The molecule has 7 heteroatoms. The molecule has 29 heavy (non-hydrogen) atoms. The molecule has 1 atom stereocenters. The molecule has 5 nitrogen and oxygen atoms in total. The maximum atomic E-state index is 12.8. The molecule has 1 aliphatic rings. The first kappa shape index (κ1) is 21.4. The van der Waals surface area contributed by atoms with Gasteiger partial charge >= 0.3 is 0 Å². The van der Waals surface area contributed by atoms with Crippen LogP contribution in [0.3, 0.4) is 0 Å². The molecule has 1 heterocycles. The molecule has 2 amide bonds. The van der Waals surface area contributed by atoms with Crippen LogP contribution in [0.15, 0.2) is 47.5 Å². The van der Waals surface area contributed by atoms with Crippen molar-refractivity contribution in [1.29, 1.82) is 0 Å². The van der Waals surface area contributed by atoms with Crippen LogP contribution in [0, 0.1) is 6.92 Å². The van der Waals surface area contributed by atoms with Gasteiger partial charge in [0, 0.05) is 23.7 Å². The topological polar surface area (TPSA) is 61.8 Å². The van der Waals surface area contributed by atoms with Crippen molar-refractivity contribution >= 4 is 51.7 Å². The highest BCUT2D eigenvalue weighted by atomic mass is 35.5. The third-order valence-corrected chi connectivity index (χ3v) is 6.40. The third-order valence-electron chi connectivity index (χ3n) is 4.82. The Bertz CT molecular complexity index is 944. The fraction of sp³-hybridized carbons (Fsp3) is 0.318. The lowest BCUT2D eigenvalue weighted by molar-refractivity contribution is -0.128. The summed E-state index contributed by atoms with van der Waals surface area (Å²) >= 11 is 7.45. The number of rotatable bonds is 6. The Labute approximate surface area is 180 Å². The molecule has 1 fully saturated rings. The number of amides is 2. The molecule has 1 N–H and O–H groups in total. The number of hydrogen-bond donors (Lipinski definition) is 1. The van der Waals surface area contributed by atoms with Crippen molar-refractivity contribution in [2.45, 2.75) is 38.9 Å². The number of carbonyl (C=O) groups excluding carboxylic acids is 2. The summed E-state index contributed by atoms with van der Waals surface area (Å²) in [5.41, 5.74) is 3.51. The zero-order chi connectivity index (χ0) is 21.0. The number of aliphatic imine (C=N–C) groups is 1. The number of aryl methyl sites for hydroxylation is 1. The van der Waals surface area contributed by atoms with Crippen LogP contribution in [0.25, 0.3) is 0 Å². The predicted octanol–water partition coefficient (Wildman–Crippen LogP) is 5.19. The maximum Gasteiger partial charge on any atom is 0.242 e. The van der Waals surface area contributed by atoms with Gasteiger partial charge < -0.3 is 5.32 Å². The second-order valence-electron chi connectivity index (χ2n) is 6.77. The van der Waals surface area contributed by atoms with Crippen molar-refractivity contribution < 1.29 is 9.59 Å². The van der Waals surface area contributed by atoms with Gasteiger partial charge in [-0.05, 0) is 55.7 Å². The minimum absolute atomic E-state index is 0.0831. The molecule has 0 spiro atoms. The summed E-state index contributed by atoms with van der Waals surface area (Å²) in [7, 11) is 0. The molecular formula is C22H24ClN3O2S. The molecule has 0 bridgehead atoms. The second-order valence-corrected chi connectivity index (χ2v) is 8.35. The van der Waals surface area contributed by atoms with Crippen molar-refractivity contribution in [2.24, 2.45) is 4.99 Å². The van der Waals surface area contributed by atoms with Gasteiger partial charge in [-0.25, -0.2) is 4.99 Å². The number of amidine groups is 1. The molecule has 2 aromatic carbocycles. The van der Waals surface area contributed by atoms with Gasteiger partial charge in [0.05, 0.1) is 5.69 Å². The van der Waals surface area contributed by atoms with Crippen molar-refractivity contribution in [3.63, 3.8) is 0 Å². The minimum atomic E-state index is -0.483. The minimum Gasteiger partial charge on any atom is -0.326 e. The van der Waals surface area contributed by atoms with Gasteiger partial charge in [-0.1, -0.05) is 48.5 Å². The van der Waals surface area contributed by atoms with E-state index in [-0.39, 0.29) is 18.2 Å². The summed E-state index contributed by atoms with van der Waals surface area (Å²) in [5.74, 6) is -0.301. The zero-order valence-electron chi connectivity index (χ0n) is 16.7. The van der Waals surface area contributed by atoms with Crippen molar-refractivity contribution in [3.8, 4) is 0 Å². The van der Waals surface area contributed by atoms with Crippen LogP contribution < -0.4 is 5.32 Å². The maximum absolute atomic E-state index is 12.8. The Morgan fingerprint density at radius 2 is 1.93 bits per heavy atom. The first-order chi connectivity index (χ1) is 13.9. The fourth-order valence-electron chi connectivity index (χ4n) is 3.05. The van der Waals surface area contributed by atoms with E-state index in [1.807, 2.05) is 38.1 Å². The van der Waals surface area contributed by atoms with Gasteiger partial charge in [0.1, 0.15) is 5.25 Å². The molecule has 0 aromatic heterocycles. The smallest absolute Gasteiger partial charge is 0.242 e. The van der Waals surface area contributed by atoms with Crippen molar-refractivity contribution in [1.82, 2.24) is 4.90 Å². The van der Waals surface area contributed by atoms with Crippen LogP contribution in [0.2, 0.25) is 5.02 Å². The van der Waals surface area contributed by atoms with Gasteiger partial charge in [0.2, 0.25) is 11.8 Å². The second kappa shape index (κ2) is 9.46. The van der Waals surface area contributed by atoms with E-state index in [0.29, 0.717) is 22.4 Å². The summed E-state index contributed by atoms with van der Waals surface area (Å²) < 4.78 is 0. The number of thioether (sulfide) groups is 1. The molecular weight excluding hydrogens is 406 g/mol. The van der Waals surface area contributed by atoms with E-state index in [4.69, 9.17) is 11.6 Å². The number of hydrogen-bond acceptors (Lipinski definition) is 4. The lowest BCUT2D eigenvalue weighted by Gasteiger charge is -2.13. The third kappa shape index (κ3) is 5.00. The van der Waals surface area contributed by atoms with Crippen molar-refractivity contribution in [3.05, 3.63) is 58.6 Å². The highest BCUT2D eigenvalue weighted by Crippen LogP contribution is 2.32. The number of halogens is 1. The Kier molecular flexibility index (Phi) is 6.98. The molecule has 3 rings (SSSR count). The van der Waals surface area contributed by atoms with Gasteiger partial charge in [-0.15, -0.1) is 0 Å². The Hall–Kier alpha value is -2.31. The first-order valence-electron chi connectivity index (χ1n) is 9.63. The number of nitrogens with zero attached hydrogens (tertiary/aromatic N) is 2. The van der Waals surface area contributed by atoms with E-state index in [0.717, 1.165) is 17.7 Å². The number of anilines is 1. The summed E-state index contributed by atoms with van der Waals surface area (Å²) in [5, 5.41) is 3.61. The summed E-state index contributed by atoms with van der Waals surface area (Å²) in [4.78, 5) is 31.6. The number of carbonyl (C=O) groups is 2. The zero-order valence-corrected chi connectivity index (χ0v) is 18.3. The van der Waals surface area contributed by atoms with E-state index < -0.39 is 5.25 Å². The molecule has 2 aromatic rings.